The van der Waals surface area contributed by atoms with Crippen molar-refractivity contribution in [2.24, 2.45) is 0 Å². The molecule has 2 amide bonds. The van der Waals surface area contributed by atoms with E-state index >= 15 is 0 Å². The van der Waals surface area contributed by atoms with Gasteiger partial charge in [0.2, 0.25) is 0 Å². The number of hydrogen-bond acceptors (Lipinski definition) is 4. The van der Waals surface area contributed by atoms with Gasteiger partial charge in [-0.25, -0.2) is 4.79 Å². The predicted octanol–water partition coefficient (Wildman–Crippen LogP) is -0.0318. The lowest BCUT2D eigenvalue weighted by Gasteiger charge is -2.32. The summed E-state index contributed by atoms with van der Waals surface area (Å²) in [6.45, 7) is 3.99. The average Bonchev–Trinajstić information content (AvgIpc) is 2.33. The molecular weight excluding hydrogens is 252 g/mol. The molecule has 0 aromatic rings. The van der Waals surface area contributed by atoms with Crippen LogP contribution in [0, 0.1) is 0 Å². The molecule has 0 atom stereocenters. The maximum Gasteiger partial charge on any atom is 0.320 e. The van der Waals surface area contributed by atoms with Crippen LogP contribution in [-0.2, 0) is 4.79 Å². The Hall–Kier alpha value is -1.34. The minimum atomic E-state index is -0.890. The van der Waals surface area contributed by atoms with Gasteiger partial charge < -0.3 is 25.1 Å². The molecule has 3 N–H and O–H groups in total. The summed E-state index contributed by atoms with van der Waals surface area (Å²) in [5.41, 5.74) is 0. The summed E-state index contributed by atoms with van der Waals surface area (Å²) in [5, 5.41) is 26.4. The van der Waals surface area contributed by atoms with Crippen molar-refractivity contribution in [2.45, 2.75) is 32.7 Å². The normalized spacial score (nSPS) is 10.6. The van der Waals surface area contributed by atoms with Crippen LogP contribution in [0.3, 0.4) is 0 Å². The van der Waals surface area contributed by atoms with Crippen molar-refractivity contribution in [2.75, 3.05) is 32.8 Å². The minimum Gasteiger partial charge on any atom is -0.481 e. The third-order valence-corrected chi connectivity index (χ3v) is 2.67. The monoisotopic (exact) mass is 276 g/mol. The number of carbonyl (C=O) groups is 2. The molecule has 0 spiro atoms. The van der Waals surface area contributed by atoms with Crippen LogP contribution in [0.1, 0.15) is 26.7 Å². The van der Waals surface area contributed by atoms with Crippen LogP contribution in [0.2, 0.25) is 0 Å². The molecule has 0 bridgehead atoms. The zero-order valence-corrected chi connectivity index (χ0v) is 11.6. The van der Waals surface area contributed by atoms with Gasteiger partial charge in [0.15, 0.2) is 0 Å². The highest BCUT2D eigenvalue weighted by Crippen LogP contribution is 2.07. The number of rotatable bonds is 9. The number of carboxylic acid groups (broad SMARTS) is 1. The molecule has 0 saturated carbocycles. The molecular formula is C12H24N2O5. The Bertz CT molecular complexity index is 277. The quantitative estimate of drug-likeness (QED) is 0.549. The van der Waals surface area contributed by atoms with Crippen molar-refractivity contribution in [3.63, 3.8) is 0 Å². The Kier molecular flexibility index (Phi) is 8.90. The van der Waals surface area contributed by atoms with E-state index in [0.717, 1.165) is 0 Å². The Morgan fingerprint density at radius 1 is 1.05 bits per heavy atom. The molecule has 112 valence electrons. The first-order valence-corrected chi connectivity index (χ1v) is 6.43. The summed E-state index contributed by atoms with van der Waals surface area (Å²) in [6, 6.07) is -0.357. The van der Waals surface area contributed by atoms with Crippen molar-refractivity contribution >= 4 is 12.0 Å². The zero-order chi connectivity index (χ0) is 14.8. The van der Waals surface area contributed by atoms with Crippen LogP contribution in [0.25, 0.3) is 0 Å². The second-order valence-electron chi connectivity index (χ2n) is 4.50. The van der Waals surface area contributed by atoms with Gasteiger partial charge in [0.1, 0.15) is 0 Å². The number of aliphatic carboxylic acids is 1. The molecule has 0 aromatic carbocycles. The van der Waals surface area contributed by atoms with E-state index < -0.39 is 5.97 Å². The molecule has 0 rings (SSSR count). The number of carboxylic acids is 1. The third kappa shape index (κ3) is 6.97. The highest BCUT2D eigenvalue weighted by Gasteiger charge is 2.22. The Balaban J connectivity index is 4.55. The molecule has 0 saturated heterocycles. The highest BCUT2D eigenvalue weighted by molar-refractivity contribution is 5.75. The number of aliphatic hydroxyl groups is 2. The second kappa shape index (κ2) is 9.57. The largest absolute Gasteiger partial charge is 0.481 e. The van der Waals surface area contributed by atoms with Gasteiger partial charge in [-0.3, -0.25) is 4.79 Å². The van der Waals surface area contributed by atoms with Gasteiger partial charge in [-0.15, -0.1) is 0 Å². The lowest BCUT2D eigenvalue weighted by molar-refractivity contribution is -0.137. The van der Waals surface area contributed by atoms with Gasteiger partial charge in [-0.05, 0) is 20.3 Å². The van der Waals surface area contributed by atoms with Crippen molar-refractivity contribution in [1.29, 1.82) is 0 Å². The molecule has 0 aliphatic heterocycles. The van der Waals surface area contributed by atoms with Crippen molar-refractivity contribution in [1.82, 2.24) is 9.80 Å². The summed E-state index contributed by atoms with van der Waals surface area (Å²) >= 11 is 0. The number of carbonyl (C=O) groups excluding carboxylic acids is 1. The Morgan fingerprint density at radius 3 is 1.95 bits per heavy atom. The molecule has 0 radical (unpaired) electrons. The Morgan fingerprint density at radius 2 is 1.58 bits per heavy atom. The molecule has 0 unspecified atom stereocenters. The SMILES string of the molecule is CC(C)N(CCCC(=O)O)C(=O)N(CCO)CCO. The van der Waals surface area contributed by atoms with Crippen molar-refractivity contribution in [3.05, 3.63) is 0 Å². The van der Waals surface area contributed by atoms with Gasteiger partial charge in [0, 0.05) is 32.1 Å². The van der Waals surface area contributed by atoms with Crippen molar-refractivity contribution in [3.8, 4) is 0 Å². The van der Waals surface area contributed by atoms with Gasteiger partial charge in [0.05, 0.1) is 13.2 Å². The summed E-state index contributed by atoms with van der Waals surface area (Å²) in [4.78, 5) is 25.6. The summed E-state index contributed by atoms with van der Waals surface area (Å²) in [7, 11) is 0. The number of nitrogens with zero attached hydrogens (tertiary/aromatic N) is 2. The topological polar surface area (TPSA) is 101 Å². The molecule has 0 heterocycles. The summed E-state index contributed by atoms with van der Waals surface area (Å²) in [6.07, 6.45) is 0.391. The number of hydrogen-bond donors (Lipinski definition) is 3. The van der Waals surface area contributed by atoms with E-state index in [1.54, 1.807) is 4.90 Å². The number of urea groups is 1. The average molecular weight is 276 g/mol. The highest BCUT2D eigenvalue weighted by atomic mass is 16.4. The van der Waals surface area contributed by atoms with E-state index in [9.17, 15) is 9.59 Å². The van der Waals surface area contributed by atoms with Gasteiger partial charge in [-0.1, -0.05) is 0 Å². The number of aliphatic hydroxyl groups excluding tert-OH is 2. The lowest BCUT2D eigenvalue weighted by Crippen LogP contribution is -2.48. The zero-order valence-electron chi connectivity index (χ0n) is 11.6. The Labute approximate surface area is 113 Å². The van der Waals surface area contributed by atoms with E-state index in [1.165, 1.54) is 4.90 Å². The van der Waals surface area contributed by atoms with Crippen LogP contribution in [0.4, 0.5) is 4.79 Å². The minimum absolute atomic E-state index is 0.0104. The van der Waals surface area contributed by atoms with Crippen LogP contribution >= 0.6 is 0 Å². The van der Waals surface area contributed by atoms with Gasteiger partial charge in [0.25, 0.3) is 0 Å². The first kappa shape index (κ1) is 17.7. The first-order chi connectivity index (χ1) is 8.93. The van der Waals surface area contributed by atoms with Crippen LogP contribution in [-0.4, -0.2) is 76.0 Å². The first-order valence-electron chi connectivity index (χ1n) is 6.43. The fourth-order valence-electron chi connectivity index (χ4n) is 1.70. The second-order valence-corrected chi connectivity index (χ2v) is 4.50. The summed E-state index contributed by atoms with van der Waals surface area (Å²) in [5.74, 6) is -0.890. The molecule has 0 aromatic heterocycles. The molecule has 7 nitrogen and oxygen atoms in total. The fraction of sp³-hybridized carbons (Fsp3) is 0.833. The summed E-state index contributed by atoms with van der Waals surface area (Å²) < 4.78 is 0. The van der Waals surface area contributed by atoms with E-state index in [4.69, 9.17) is 15.3 Å². The van der Waals surface area contributed by atoms with Gasteiger partial charge in [-0.2, -0.15) is 0 Å². The maximum absolute atomic E-state index is 12.2. The smallest absolute Gasteiger partial charge is 0.320 e. The van der Waals surface area contributed by atoms with E-state index in [-0.39, 0.29) is 44.8 Å². The molecule has 0 aliphatic carbocycles. The van der Waals surface area contributed by atoms with E-state index in [1.807, 2.05) is 13.8 Å². The number of amides is 2. The van der Waals surface area contributed by atoms with E-state index in [2.05, 4.69) is 0 Å². The predicted molar refractivity (Wildman–Crippen MR) is 69.9 cm³/mol. The maximum atomic E-state index is 12.2. The third-order valence-electron chi connectivity index (χ3n) is 2.67. The van der Waals surface area contributed by atoms with Crippen LogP contribution in [0.5, 0.6) is 0 Å². The van der Waals surface area contributed by atoms with E-state index in [0.29, 0.717) is 13.0 Å². The van der Waals surface area contributed by atoms with Gasteiger partial charge >= 0.3 is 12.0 Å². The molecule has 0 fully saturated rings. The molecule has 0 aliphatic rings. The van der Waals surface area contributed by atoms with Crippen molar-refractivity contribution < 1.29 is 24.9 Å². The van der Waals surface area contributed by atoms with Crippen LogP contribution in [0.15, 0.2) is 0 Å². The van der Waals surface area contributed by atoms with Crippen LogP contribution < -0.4 is 0 Å². The lowest BCUT2D eigenvalue weighted by atomic mass is 10.2. The molecule has 7 heteroatoms. The standard InChI is InChI=1S/C12H24N2O5/c1-10(2)14(5-3-4-11(17)18)12(19)13(6-8-15)7-9-16/h10,15-16H,3-9H2,1-2H3,(H,17,18). The molecule has 19 heavy (non-hydrogen) atoms. The fourth-order valence-corrected chi connectivity index (χ4v) is 1.70.